The van der Waals surface area contributed by atoms with E-state index in [9.17, 15) is 4.79 Å². The molecule has 0 saturated heterocycles. The number of thiophene rings is 1. The highest BCUT2D eigenvalue weighted by atomic mass is 32.1. The van der Waals surface area contributed by atoms with Crippen LogP contribution >= 0.6 is 22.7 Å². The van der Waals surface area contributed by atoms with Gasteiger partial charge in [0.15, 0.2) is 5.13 Å². The van der Waals surface area contributed by atoms with E-state index < -0.39 is 0 Å². The van der Waals surface area contributed by atoms with Crippen LogP contribution in [0.2, 0.25) is 0 Å². The van der Waals surface area contributed by atoms with Crippen molar-refractivity contribution in [3.63, 3.8) is 0 Å². The Hall–Kier alpha value is -1.20. The molecule has 0 saturated carbocycles. The van der Waals surface area contributed by atoms with Crippen LogP contribution in [-0.2, 0) is 12.8 Å². The van der Waals surface area contributed by atoms with Gasteiger partial charge < -0.3 is 0 Å². The van der Waals surface area contributed by atoms with Crippen molar-refractivity contribution in [1.82, 2.24) is 4.98 Å². The fraction of sp³-hybridized carbons (Fsp3) is 0.429. The lowest BCUT2D eigenvalue weighted by Crippen LogP contribution is -2.09. The molecule has 2 aromatic rings. The molecule has 0 atom stereocenters. The summed E-state index contributed by atoms with van der Waals surface area (Å²) in [5.41, 5.74) is 2.36. The van der Waals surface area contributed by atoms with Crippen LogP contribution in [0.15, 0.2) is 6.07 Å². The summed E-state index contributed by atoms with van der Waals surface area (Å²) in [6.07, 6.45) is 4.74. The molecule has 1 aliphatic carbocycles. The standard InChI is InChI=1S/C14H16N2OS2/c1-8-9(2)18-14(15-8)16-13(17)12-7-10-5-3-4-6-11(10)19-12/h7H,3-6H2,1-2H3,(H,15,16,17). The zero-order chi connectivity index (χ0) is 13.4. The average molecular weight is 292 g/mol. The van der Waals surface area contributed by atoms with Gasteiger partial charge in [-0.15, -0.1) is 22.7 Å². The fourth-order valence-electron chi connectivity index (χ4n) is 2.29. The summed E-state index contributed by atoms with van der Waals surface area (Å²) in [6, 6.07) is 2.06. The number of anilines is 1. The number of rotatable bonds is 2. The summed E-state index contributed by atoms with van der Waals surface area (Å²) in [4.78, 5) is 19.9. The number of aryl methyl sites for hydroxylation is 4. The van der Waals surface area contributed by atoms with E-state index in [-0.39, 0.29) is 5.91 Å². The van der Waals surface area contributed by atoms with Gasteiger partial charge in [-0.25, -0.2) is 4.98 Å². The minimum absolute atomic E-state index is 0.0202. The molecular weight excluding hydrogens is 276 g/mol. The van der Waals surface area contributed by atoms with Gasteiger partial charge in [0.25, 0.3) is 5.91 Å². The minimum Gasteiger partial charge on any atom is -0.297 e. The van der Waals surface area contributed by atoms with Gasteiger partial charge in [-0.1, -0.05) is 0 Å². The first-order chi connectivity index (χ1) is 9.13. The predicted octanol–water partition coefficient (Wildman–Crippen LogP) is 3.95. The SMILES string of the molecule is Cc1nc(NC(=O)c2cc3c(s2)CCCC3)sc1C. The second-order valence-corrected chi connectivity index (χ2v) is 7.22. The highest BCUT2D eigenvalue weighted by Crippen LogP contribution is 2.30. The third kappa shape index (κ3) is 2.58. The molecule has 19 heavy (non-hydrogen) atoms. The first kappa shape index (κ1) is 12.8. The normalized spacial score (nSPS) is 14.2. The summed E-state index contributed by atoms with van der Waals surface area (Å²) in [5.74, 6) is -0.0202. The summed E-state index contributed by atoms with van der Waals surface area (Å²) in [5, 5.41) is 3.61. The van der Waals surface area contributed by atoms with Crippen LogP contribution in [0.3, 0.4) is 0 Å². The van der Waals surface area contributed by atoms with Crippen molar-refractivity contribution in [2.45, 2.75) is 39.5 Å². The Bertz CT molecular complexity index is 584. The summed E-state index contributed by atoms with van der Waals surface area (Å²) < 4.78 is 0. The Kier molecular flexibility index (Phi) is 3.41. The van der Waals surface area contributed by atoms with E-state index in [1.807, 2.05) is 13.8 Å². The van der Waals surface area contributed by atoms with E-state index in [2.05, 4.69) is 16.4 Å². The zero-order valence-electron chi connectivity index (χ0n) is 11.1. The number of nitrogens with zero attached hydrogens (tertiary/aromatic N) is 1. The third-order valence-corrected chi connectivity index (χ3v) is 5.69. The first-order valence-corrected chi connectivity index (χ1v) is 8.14. The fourth-order valence-corrected chi connectivity index (χ4v) is 4.25. The van der Waals surface area contributed by atoms with Gasteiger partial charge in [-0.05, 0) is 51.2 Å². The van der Waals surface area contributed by atoms with Crippen LogP contribution in [0.4, 0.5) is 5.13 Å². The third-order valence-electron chi connectivity index (χ3n) is 3.47. The van der Waals surface area contributed by atoms with Crippen LogP contribution in [-0.4, -0.2) is 10.9 Å². The van der Waals surface area contributed by atoms with Gasteiger partial charge in [0.2, 0.25) is 0 Å². The quantitative estimate of drug-likeness (QED) is 0.910. The number of aromatic nitrogens is 1. The maximum atomic E-state index is 12.2. The molecule has 3 nitrogen and oxygen atoms in total. The van der Waals surface area contributed by atoms with Gasteiger partial charge in [0.1, 0.15) is 0 Å². The first-order valence-electron chi connectivity index (χ1n) is 6.50. The maximum absolute atomic E-state index is 12.2. The van der Waals surface area contributed by atoms with Gasteiger partial charge in [0.05, 0.1) is 10.6 Å². The highest BCUT2D eigenvalue weighted by molar-refractivity contribution is 7.16. The van der Waals surface area contributed by atoms with Crippen LogP contribution in [0.1, 0.15) is 43.5 Å². The zero-order valence-corrected chi connectivity index (χ0v) is 12.7. The molecule has 0 aromatic carbocycles. The molecule has 0 unspecified atom stereocenters. The molecule has 0 spiro atoms. The Balaban J connectivity index is 1.78. The van der Waals surface area contributed by atoms with Crippen LogP contribution in [0.5, 0.6) is 0 Å². The van der Waals surface area contributed by atoms with Crippen molar-refractivity contribution in [2.75, 3.05) is 5.32 Å². The highest BCUT2D eigenvalue weighted by Gasteiger charge is 2.18. The van der Waals surface area contributed by atoms with Gasteiger partial charge in [-0.2, -0.15) is 0 Å². The monoisotopic (exact) mass is 292 g/mol. The maximum Gasteiger partial charge on any atom is 0.267 e. The number of fused-ring (bicyclic) bond motifs is 1. The van der Waals surface area contributed by atoms with Crippen molar-refractivity contribution >= 4 is 33.7 Å². The molecule has 100 valence electrons. The number of hydrogen-bond donors (Lipinski definition) is 1. The largest absolute Gasteiger partial charge is 0.297 e. The van der Waals surface area contributed by atoms with E-state index >= 15 is 0 Å². The van der Waals surface area contributed by atoms with E-state index in [4.69, 9.17) is 0 Å². The number of nitrogens with one attached hydrogen (secondary N) is 1. The molecule has 0 bridgehead atoms. The molecule has 3 rings (SSSR count). The smallest absolute Gasteiger partial charge is 0.267 e. The molecule has 0 aliphatic heterocycles. The summed E-state index contributed by atoms with van der Waals surface area (Å²) in [6.45, 7) is 3.98. The molecule has 1 N–H and O–H groups in total. The minimum atomic E-state index is -0.0202. The number of hydrogen-bond acceptors (Lipinski definition) is 4. The van der Waals surface area contributed by atoms with Crippen molar-refractivity contribution in [1.29, 1.82) is 0 Å². The Labute approximate surface area is 120 Å². The molecule has 5 heteroatoms. The average Bonchev–Trinajstić information content (AvgIpc) is 2.93. The number of carbonyl (C=O) groups is 1. The number of thiazole rings is 1. The molecule has 2 heterocycles. The molecule has 1 amide bonds. The second kappa shape index (κ2) is 5.06. The number of carbonyl (C=O) groups excluding carboxylic acids is 1. The molecule has 0 fully saturated rings. The van der Waals surface area contributed by atoms with E-state index in [1.165, 1.54) is 34.6 Å². The van der Waals surface area contributed by atoms with Gasteiger partial charge >= 0.3 is 0 Å². The Morgan fingerprint density at radius 3 is 2.74 bits per heavy atom. The summed E-state index contributed by atoms with van der Waals surface area (Å²) in [7, 11) is 0. The van der Waals surface area contributed by atoms with Crippen molar-refractivity contribution < 1.29 is 4.79 Å². The lowest BCUT2D eigenvalue weighted by molar-refractivity contribution is 0.103. The summed E-state index contributed by atoms with van der Waals surface area (Å²) >= 11 is 3.17. The molecule has 1 aliphatic rings. The van der Waals surface area contributed by atoms with Crippen molar-refractivity contribution in [3.05, 3.63) is 32.0 Å². The van der Waals surface area contributed by atoms with Crippen LogP contribution < -0.4 is 5.32 Å². The second-order valence-electron chi connectivity index (χ2n) is 4.88. The molecular formula is C14H16N2OS2. The van der Waals surface area contributed by atoms with E-state index in [1.54, 1.807) is 11.3 Å². The van der Waals surface area contributed by atoms with Gasteiger partial charge in [0, 0.05) is 9.75 Å². The Morgan fingerprint density at radius 2 is 2.05 bits per heavy atom. The van der Waals surface area contributed by atoms with Gasteiger partial charge in [-0.3, -0.25) is 10.1 Å². The lowest BCUT2D eigenvalue weighted by Gasteiger charge is -2.08. The predicted molar refractivity (Wildman–Crippen MR) is 80.5 cm³/mol. The Morgan fingerprint density at radius 1 is 1.26 bits per heavy atom. The number of amides is 1. The van der Waals surface area contributed by atoms with E-state index in [0.29, 0.717) is 5.13 Å². The molecule has 0 radical (unpaired) electrons. The lowest BCUT2D eigenvalue weighted by atomic mass is 9.99. The topological polar surface area (TPSA) is 42.0 Å². The van der Waals surface area contributed by atoms with E-state index in [0.717, 1.165) is 28.3 Å². The molecule has 2 aromatic heterocycles. The van der Waals surface area contributed by atoms with Crippen LogP contribution in [0.25, 0.3) is 0 Å². The van der Waals surface area contributed by atoms with Crippen LogP contribution in [0, 0.1) is 13.8 Å². The van der Waals surface area contributed by atoms with Crippen molar-refractivity contribution in [2.24, 2.45) is 0 Å². The van der Waals surface area contributed by atoms with Crippen molar-refractivity contribution in [3.8, 4) is 0 Å².